The van der Waals surface area contributed by atoms with Gasteiger partial charge in [-0.25, -0.2) is 0 Å². The van der Waals surface area contributed by atoms with Crippen LogP contribution in [-0.2, 0) is 0 Å². The lowest BCUT2D eigenvalue weighted by atomic mass is 10.3. The van der Waals surface area contributed by atoms with Gasteiger partial charge < -0.3 is 9.62 Å². The van der Waals surface area contributed by atoms with E-state index in [9.17, 15) is 0 Å². The topological polar surface area (TPSA) is 15.3 Å². The molecular formula is C8H16N2S. The summed E-state index contributed by atoms with van der Waals surface area (Å²) >= 11 is 0. The third-order valence-electron chi connectivity index (χ3n) is 1.81. The molecular weight excluding hydrogens is 156 g/mol. The predicted molar refractivity (Wildman–Crippen MR) is 53.7 cm³/mol. The molecule has 2 nitrogen and oxygen atoms in total. The van der Waals surface area contributed by atoms with Crippen molar-refractivity contribution in [2.75, 3.05) is 12.3 Å². The Balaban J connectivity index is 2.57. The summed E-state index contributed by atoms with van der Waals surface area (Å²) in [5, 5.41) is 0. The highest BCUT2D eigenvalue weighted by Crippen LogP contribution is 2.18. The lowest BCUT2D eigenvalue weighted by molar-refractivity contribution is 0.287. The van der Waals surface area contributed by atoms with Crippen molar-refractivity contribution in [3.8, 4) is 0 Å². The summed E-state index contributed by atoms with van der Waals surface area (Å²) in [4.78, 5) is 2.27. The molecule has 0 radical (unpaired) electrons. The molecule has 1 N–H and O–H groups in total. The lowest BCUT2D eigenvalue weighted by Gasteiger charge is -2.36. The Hall–Kier alpha value is -0.440. The maximum Gasteiger partial charge on any atom is 0.104 e. The maximum atomic E-state index is 3.97. The van der Waals surface area contributed by atoms with Crippen LogP contribution in [0.25, 0.3) is 0 Å². The van der Waals surface area contributed by atoms with Crippen molar-refractivity contribution < 1.29 is 0 Å². The summed E-state index contributed by atoms with van der Waals surface area (Å²) in [6.07, 6.45) is 0. The van der Waals surface area contributed by atoms with Crippen molar-refractivity contribution in [2.24, 2.45) is 0 Å². The first-order valence-electron chi connectivity index (χ1n) is 3.84. The van der Waals surface area contributed by atoms with Crippen LogP contribution in [0.5, 0.6) is 0 Å². The summed E-state index contributed by atoms with van der Waals surface area (Å²) in [6, 6.07) is 0.548. The molecule has 0 aromatic heterocycles. The molecule has 0 amide bonds. The zero-order chi connectivity index (χ0) is 8.43. The van der Waals surface area contributed by atoms with Gasteiger partial charge in [0.25, 0.3) is 0 Å². The first-order valence-corrected chi connectivity index (χ1v) is 5.40. The van der Waals surface area contributed by atoms with Crippen LogP contribution in [0, 0.1) is 0 Å². The first kappa shape index (κ1) is 8.65. The zero-order valence-electron chi connectivity index (χ0n) is 7.26. The standard InChI is InChI=1S/C8H16N2S/c1-7(2)10-5-6-11(4)9-8(10)3/h7,9H,3-6H2,1-2H3. The Morgan fingerprint density at radius 2 is 2.27 bits per heavy atom. The van der Waals surface area contributed by atoms with Gasteiger partial charge in [-0.05, 0) is 13.8 Å². The van der Waals surface area contributed by atoms with E-state index < -0.39 is 0 Å². The minimum absolute atomic E-state index is 0.101. The fourth-order valence-corrected chi connectivity index (χ4v) is 2.16. The van der Waals surface area contributed by atoms with Crippen molar-refractivity contribution in [1.82, 2.24) is 9.62 Å². The second-order valence-corrected chi connectivity index (χ2v) is 4.63. The third kappa shape index (κ3) is 1.99. The number of hydrogen-bond donors (Lipinski definition) is 1. The zero-order valence-corrected chi connectivity index (χ0v) is 8.08. The van der Waals surface area contributed by atoms with Gasteiger partial charge >= 0.3 is 0 Å². The van der Waals surface area contributed by atoms with Gasteiger partial charge in [0.1, 0.15) is 5.82 Å². The van der Waals surface area contributed by atoms with Gasteiger partial charge in [0.2, 0.25) is 0 Å². The molecule has 1 heterocycles. The van der Waals surface area contributed by atoms with Gasteiger partial charge in [-0.15, -0.1) is 10.7 Å². The summed E-state index contributed by atoms with van der Waals surface area (Å²) < 4.78 is 3.26. The minimum Gasteiger partial charge on any atom is -0.355 e. The second kappa shape index (κ2) is 3.30. The van der Waals surface area contributed by atoms with Crippen molar-refractivity contribution in [1.29, 1.82) is 0 Å². The van der Waals surface area contributed by atoms with E-state index >= 15 is 0 Å². The molecule has 0 aromatic carbocycles. The monoisotopic (exact) mass is 172 g/mol. The largest absolute Gasteiger partial charge is 0.355 e. The fraction of sp³-hybridized carbons (Fsp3) is 0.625. The Kier molecular flexibility index (Phi) is 2.60. The second-order valence-electron chi connectivity index (χ2n) is 3.03. The van der Waals surface area contributed by atoms with Crippen LogP contribution in [0.4, 0.5) is 0 Å². The highest BCUT2D eigenvalue weighted by atomic mass is 32.2. The molecule has 64 valence electrons. The molecule has 11 heavy (non-hydrogen) atoms. The van der Waals surface area contributed by atoms with E-state index in [1.807, 2.05) is 0 Å². The number of hydrogen-bond acceptors (Lipinski definition) is 2. The van der Waals surface area contributed by atoms with Crippen LogP contribution >= 0.6 is 10.7 Å². The lowest BCUT2D eigenvalue weighted by Crippen LogP contribution is -2.40. The van der Waals surface area contributed by atoms with E-state index in [1.54, 1.807) is 0 Å². The SMILES string of the molecule is C=C1NS(=C)CCN1C(C)C. The molecule has 1 aliphatic heterocycles. The number of nitrogens with zero attached hydrogens (tertiary/aromatic N) is 1. The molecule has 0 bridgehead atoms. The van der Waals surface area contributed by atoms with Gasteiger partial charge in [0.15, 0.2) is 0 Å². The van der Waals surface area contributed by atoms with E-state index in [-0.39, 0.29) is 10.7 Å². The van der Waals surface area contributed by atoms with Gasteiger partial charge in [0.05, 0.1) is 0 Å². The first-order chi connectivity index (χ1) is 5.11. The number of rotatable bonds is 1. The van der Waals surface area contributed by atoms with Crippen LogP contribution in [-0.4, -0.2) is 29.1 Å². The average molecular weight is 172 g/mol. The van der Waals surface area contributed by atoms with Crippen molar-refractivity contribution in [3.05, 3.63) is 12.4 Å². The normalized spacial score (nSPS) is 25.5. The Morgan fingerprint density at radius 3 is 2.73 bits per heavy atom. The quantitative estimate of drug-likeness (QED) is 0.601. The van der Waals surface area contributed by atoms with E-state index in [0.717, 1.165) is 18.1 Å². The van der Waals surface area contributed by atoms with Crippen molar-refractivity contribution in [3.63, 3.8) is 0 Å². The van der Waals surface area contributed by atoms with E-state index in [0.29, 0.717) is 6.04 Å². The molecule has 1 atom stereocenters. The Bertz CT molecular complexity index is 187. The van der Waals surface area contributed by atoms with Crippen LogP contribution < -0.4 is 4.72 Å². The van der Waals surface area contributed by atoms with Crippen LogP contribution in [0.15, 0.2) is 12.4 Å². The van der Waals surface area contributed by atoms with Gasteiger partial charge in [-0.1, -0.05) is 12.4 Å². The van der Waals surface area contributed by atoms with Crippen molar-refractivity contribution in [2.45, 2.75) is 19.9 Å². The smallest absolute Gasteiger partial charge is 0.104 e. The van der Waals surface area contributed by atoms with Gasteiger partial charge in [-0.3, -0.25) is 0 Å². The maximum absolute atomic E-state index is 3.97. The molecule has 0 aromatic rings. The van der Waals surface area contributed by atoms with Gasteiger partial charge in [-0.2, -0.15) is 0 Å². The molecule has 1 saturated heterocycles. The van der Waals surface area contributed by atoms with Crippen LogP contribution in [0.2, 0.25) is 0 Å². The molecule has 1 unspecified atom stereocenters. The molecule has 1 rings (SSSR count). The van der Waals surface area contributed by atoms with E-state index in [2.05, 4.69) is 35.9 Å². The molecule has 1 aliphatic rings. The molecule has 0 saturated carbocycles. The highest BCUT2D eigenvalue weighted by Gasteiger charge is 2.15. The summed E-state index contributed by atoms with van der Waals surface area (Å²) in [5.74, 6) is 6.14. The highest BCUT2D eigenvalue weighted by molar-refractivity contribution is 8.12. The summed E-state index contributed by atoms with van der Waals surface area (Å²) in [6.45, 7) is 9.40. The molecule has 0 aliphatic carbocycles. The Morgan fingerprint density at radius 1 is 1.64 bits per heavy atom. The van der Waals surface area contributed by atoms with E-state index in [4.69, 9.17) is 0 Å². The molecule has 0 spiro atoms. The summed E-state index contributed by atoms with van der Waals surface area (Å²) in [7, 11) is 0.101. The van der Waals surface area contributed by atoms with Crippen LogP contribution in [0.1, 0.15) is 13.8 Å². The fourth-order valence-electron chi connectivity index (χ4n) is 1.19. The average Bonchev–Trinajstić information content (AvgIpc) is 1.85. The van der Waals surface area contributed by atoms with Crippen molar-refractivity contribution >= 4 is 16.5 Å². The van der Waals surface area contributed by atoms with Gasteiger partial charge in [0, 0.05) is 18.3 Å². The molecule has 1 fully saturated rings. The molecule has 3 heteroatoms. The van der Waals surface area contributed by atoms with Crippen LogP contribution in [0.3, 0.4) is 0 Å². The minimum atomic E-state index is 0.101. The van der Waals surface area contributed by atoms with E-state index in [1.165, 1.54) is 0 Å². The number of nitrogens with one attached hydrogen (secondary N) is 1. The Labute approximate surface area is 71.3 Å². The third-order valence-corrected chi connectivity index (χ3v) is 3.01. The summed E-state index contributed by atoms with van der Waals surface area (Å²) in [5.41, 5.74) is 0. The predicted octanol–water partition coefficient (Wildman–Crippen LogP) is 1.39.